The van der Waals surface area contributed by atoms with Crippen LogP contribution in [0.15, 0.2) is 36.7 Å². The van der Waals surface area contributed by atoms with E-state index in [0.717, 1.165) is 48.2 Å². The van der Waals surface area contributed by atoms with Crippen LogP contribution in [0.5, 0.6) is 5.75 Å². The largest absolute Gasteiger partial charge is 0.492 e. The lowest BCUT2D eigenvalue weighted by Gasteiger charge is -2.26. The quantitative estimate of drug-likeness (QED) is 0.700. The number of esters is 1. The summed E-state index contributed by atoms with van der Waals surface area (Å²) in [6.45, 7) is 3.98. The molecule has 5 heteroatoms. The molecule has 148 valence electrons. The van der Waals surface area contributed by atoms with Gasteiger partial charge >= 0.3 is 5.97 Å². The van der Waals surface area contributed by atoms with Crippen LogP contribution in [0.1, 0.15) is 48.5 Å². The summed E-state index contributed by atoms with van der Waals surface area (Å²) >= 11 is 0. The van der Waals surface area contributed by atoms with Gasteiger partial charge in [0.25, 0.3) is 0 Å². The second-order valence-corrected chi connectivity index (χ2v) is 8.05. The monoisotopic (exact) mass is 380 g/mol. The minimum absolute atomic E-state index is 0.296. The summed E-state index contributed by atoms with van der Waals surface area (Å²) in [4.78, 5) is 18.4. The Bertz CT molecular complexity index is 843. The molecule has 1 aromatic carbocycles. The van der Waals surface area contributed by atoms with Crippen LogP contribution in [0.25, 0.3) is 0 Å². The highest BCUT2D eigenvalue weighted by atomic mass is 16.5. The summed E-state index contributed by atoms with van der Waals surface area (Å²) in [6, 6.07) is 7.81. The second-order valence-electron chi connectivity index (χ2n) is 8.05. The normalized spacial score (nSPS) is 21.3. The molecule has 28 heavy (non-hydrogen) atoms. The van der Waals surface area contributed by atoms with Gasteiger partial charge in [-0.25, -0.2) is 4.79 Å². The zero-order chi connectivity index (χ0) is 19.5. The van der Waals surface area contributed by atoms with E-state index >= 15 is 0 Å². The van der Waals surface area contributed by atoms with Gasteiger partial charge in [-0.1, -0.05) is 19.8 Å². The Kier molecular flexibility index (Phi) is 5.51. The third kappa shape index (κ3) is 3.98. The number of fused-ring (bicyclic) bond motifs is 1. The predicted octanol–water partition coefficient (Wildman–Crippen LogP) is 4.77. The lowest BCUT2D eigenvalue weighted by atomic mass is 9.83. The van der Waals surface area contributed by atoms with E-state index in [1.165, 1.54) is 32.8 Å². The SMILES string of the molecule is COC(=O)c1ccc2c(c1)CCN2c1cncc(OCC2CCC(C)CC2)c1. The lowest BCUT2D eigenvalue weighted by molar-refractivity contribution is 0.0600. The molecule has 0 atom stereocenters. The average molecular weight is 380 g/mol. The van der Waals surface area contributed by atoms with Crippen LogP contribution in [0, 0.1) is 11.8 Å². The molecule has 1 fully saturated rings. The van der Waals surface area contributed by atoms with Crippen LogP contribution in [-0.2, 0) is 11.2 Å². The predicted molar refractivity (Wildman–Crippen MR) is 109 cm³/mol. The minimum Gasteiger partial charge on any atom is -0.492 e. The van der Waals surface area contributed by atoms with E-state index in [4.69, 9.17) is 9.47 Å². The van der Waals surface area contributed by atoms with Crippen molar-refractivity contribution in [1.82, 2.24) is 4.98 Å². The number of rotatable bonds is 5. The molecule has 2 heterocycles. The zero-order valence-corrected chi connectivity index (χ0v) is 16.7. The number of anilines is 2. The summed E-state index contributed by atoms with van der Waals surface area (Å²) in [6.07, 6.45) is 9.71. The first kappa shape index (κ1) is 18.8. The Morgan fingerprint density at radius 1 is 1.18 bits per heavy atom. The highest BCUT2D eigenvalue weighted by Gasteiger charge is 2.23. The van der Waals surface area contributed by atoms with Crippen molar-refractivity contribution >= 4 is 17.3 Å². The fraction of sp³-hybridized carbons (Fsp3) is 0.478. The van der Waals surface area contributed by atoms with E-state index in [0.29, 0.717) is 11.5 Å². The first-order chi connectivity index (χ1) is 13.6. The standard InChI is InChI=1S/C23H28N2O3/c1-16-3-5-17(6-4-16)15-28-21-12-20(13-24-14-21)25-10-9-18-11-19(23(26)27-2)7-8-22(18)25/h7-8,11-14,16-17H,3-6,9-10,15H2,1-2H3. The van der Waals surface area contributed by atoms with Crippen molar-refractivity contribution < 1.29 is 14.3 Å². The summed E-state index contributed by atoms with van der Waals surface area (Å²) < 4.78 is 10.9. The van der Waals surface area contributed by atoms with Crippen molar-refractivity contribution in [2.75, 3.05) is 25.2 Å². The molecule has 4 rings (SSSR count). The smallest absolute Gasteiger partial charge is 0.337 e. The van der Waals surface area contributed by atoms with Crippen LogP contribution in [-0.4, -0.2) is 31.2 Å². The van der Waals surface area contributed by atoms with E-state index < -0.39 is 0 Å². The number of hydrogen-bond acceptors (Lipinski definition) is 5. The highest BCUT2D eigenvalue weighted by Crippen LogP contribution is 2.36. The van der Waals surface area contributed by atoms with Crippen molar-refractivity contribution in [3.63, 3.8) is 0 Å². The number of nitrogens with zero attached hydrogens (tertiary/aromatic N) is 2. The lowest BCUT2D eigenvalue weighted by Crippen LogP contribution is -2.19. The fourth-order valence-electron chi connectivity index (χ4n) is 4.26. The van der Waals surface area contributed by atoms with Gasteiger partial charge in [0.1, 0.15) is 5.75 Å². The summed E-state index contributed by atoms with van der Waals surface area (Å²) in [7, 11) is 1.41. The van der Waals surface area contributed by atoms with E-state index in [1.54, 1.807) is 6.20 Å². The third-order valence-corrected chi connectivity index (χ3v) is 6.03. The van der Waals surface area contributed by atoms with Gasteiger partial charge < -0.3 is 14.4 Å². The Morgan fingerprint density at radius 2 is 2.00 bits per heavy atom. The van der Waals surface area contributed by atoms with Gasteiger partial charge in [0.05, 0.1) is 37.4 Å². The summed E-state index contributed by atoms with van der Waals surface area (Å²) in [5.74, 6) is 2.05. The Labute approximate surface area is 166 Å². The molecule has 5 nitrogen and oxygen atoms in total. The second kappa shape index (κ2) is 8.21. The number of aromatic nitrogens is 1. The van der Waals surface area contributed by atoms with Gasteiger partial charge in [0, 0.05) is 18.3 Å². The number of ether oxygens (including phenoxy) is 2. The van der Waals surface area contributed by atoms with Gasteiger partial charge in [-0.15, -0.1) is 0 Å². The average Bonchev–Trinajstić information content (AvgIpc) is 3.16. The topological polar surface area (TPSA) is 51.7 Å². The number of hydrogen-bond donors (Lipinski definition) is 0. The molecule has 1 saturated carbocycles. The number of carbonyl (C=O) groups excluding carboxylic acids is 1. The van der Waals surface area contributed by atoms with Crippen LogP contribution < -0.4 is 9.64 Å². The molecule has 0 unspecified atom stereocenters. The molecule has 0 radical (unpaired) electrons. The van der Waals surface area contributed by atoms with Gasteiger partial charge in [0.2, 0.25) is 0 Å². The first-order valence-corrected chi connectivity index (χ1v) is 10.2. The molecular formula is C23H28N2O3. The summed E-state index contributed by atoms with van der Waals surface area (Å²) in [5.41, 5.74) is 3.90. The molecule has 0 amide bonds. The number of pyridine rings is 1. The Morgan fingerprint density at radius 3 is 2.79 bits per heavy atom. The molecule has 0 N–H and O–H groups in total. The molecular weight excluding hydrogens is 352 g/mol. The van der Waals surface area contributed by atoms with Crippen LogP contribution in [0.3, 0.4) is 0 Å². The van der Waals surface area contributed by atoms with Gasteiger partial charge in [-0.05, 0) is 54.9 Å². The maximum atomic E-state index is 11.8. The molecule has 1 aromatic heterocycles. The minimum atomic E-state index is -0.296. The van der Waals surface area contributed by atoms with Crippen LogP contribution in [0.2, 0.25) is 0 Å². The third-order valence-electron chi connectivity index (χ3n) is 6.03. The van der Waals surface area contributed by atoms with Gasteiger partial charge in [-0.3, -0.25) is 4.98 Å². The zero-order valence-electron chi connectivity index (χ0n) is 16.7. The number of carbonyl (C=O) groups is 1. The molecule has 2 aromatic rings. The van der Waals surface area contributed by atoms with E-state index in [1.807, 2.05) is 24.4 Å². The molecule has 0 bridgehead atoms. The van der Waals surface area contributed by atoms with Crippen molar-refractivity contribution in [3.8, 4) is 5.75 Å². The van der Waals surface area contributed by atoms with Crippen LogP contribution >= 0.6 is 0 Å². The van der Waals surface area contributed by atoms with Crippen molar-refractivity contribution in [1.29, 1.82) is 0 Å². The first-order valence-electron chi connectivity index (χ1n) is 10.2. The van der Waals surface area contributed by atoms with Gasteiger partial charge in [-0.2, -0.15) is 0 Å². The van der Waals surface area contributed by atoms with Crippen molar-refractivity contribution in [2.45, 2.75) is 39.0 Å². The van der Waals surface area contributed by atoms with E-state index in [-0.39, 0.29) is 5.97 Å². The molecule has 1 aliphatic carbocycles. The highest BCUT2D eigenvalue weighted by molar-refractivity contribution is 5.90. The Balaban J connectivity index is 1.45. The van der Waals surface area contributed by atoms with Crippen LogP contribution in [0.4, 0.5) is 11.4 Å². The Hall–Kier alpha value is -2.56. The molecule has 0 saturated heterocycles. The maximum Gasteiger partial charge on any atom is 0.337 e. The number of methoxy groups -OCH3 is 1. The molecule has 1 aliphatic heterocycles. The van der Waals surface area contributed by atoms with E-state index in [9.17, 15) is 4.79 Å². The fourth-order valence-corrected chi connectivity index (χ4v) is 4.26. The van der Waals surface area contributed by atoms with E-state index in [2.05, 4.69) is 22.9 Å². The van der Waals surface area contributed by atoms with Crippen molar-refractivity contribution in [3.05, 3.63) is 47.8 Å². The number of benzene rings is 1. The van der Waals surface area contributed by atoms with Crippen molar-refractivity contribution in [2.24, 2.45) is 11.8 Å². The molecule has 2 aliphatic rings. The summed E-state index contributed by atoms with van der Waals surface area (Å²) in [5, 5.41) is 0. The van der Waals surface area contributed by atoms with Gasteiger partial charge in [0.15, 0.2) is 0 Å². The maximum absolute atomic E-state index is 11.8. The molecule has 0 spiro atoms.